The van der Waals surface area contributed by atoms with Gasteiger partial charge in [0.1, 0.15) is 0 Å². The number of nitrogens with zero attached hydrogens (tertiary/aromatic N) is 1. The molecule has 0 fully saturated rings. The molecule has 0 bridgehead atoms. The van der Waals surface area contributed by atoms with Crippen LogP contribution in [0.4, 0.5) is 11.4 Å². The van der Waals surface area contributed by atoms with Crippen LogP contribution in [0.15, 0.2) is 24.3 Å². The van der Waals surface area contributed by atoms with Crippen molar-refractivity contribution in [2.24, 2.45) is 0 Å². The van der Waals surface area contributed by atoms with Gasteiger partial charge >= 0.3 is 5.97 Å². The lowest BCUT2D eigenvalue weighted by molar-refractivity contribution is -0.142. The van der Waals surface area contributed by atoms with Gasteiger partial charge in [0.2, 0.25) is 5.91 Å². The second-order valence-electron chi connectivity index (χ2n) is 4.37. The molecule has 20 heavy (non-hydrogen) atoms. The van der Waals surface area contributed by atoms with Gasteiger partial charge in [-0.05, 0) is 32.0 Å². The summed E-state index contributed by atoms with van der Waals surface area (Å²) in [7, 11) is 0. The Labute approximate surface area is 119 Å². The highest BCUT2D eigenvalue weighted by atomic mass is 16.5. The number of benzene rings is 1. The van der Waals surface area contributed by atoms with E-state index in [-0.39, 0.29) is 11.9 Å². The summed E-state index contributed by atoms with van der Waals surface area (Å²) in [5.41, 5.74) is 1.73. The van der Waals surface area contributed by atoms with Crippen LogP contribution < -0.4 is 10.2 Å². The first kappa shape index (κ1) is 16.0. The van der Waals surface area contributed by atoms with Crippen molar-refractivity contribution in [2.45, 2.75) is 27.2 Å². The predicted octanol–water partition coefficient (Wildman–Crippen LogP) is 2.42. The van der Waals surface area contributed by atoms with Crippen LogP contribution in [0.2, 0.25) is 0 Å². The van der Waals surface area contributed by atoms with Crippen molar-refractivity contribution in [1.29, 1.82) is 0 Å². The summed E-state index contributed by atoms with van der Waals surface area (Å²) < 4.78 is 4.93. The van der Waals surface area contributed by atoms with E-state index in [0.717, 1.165) is 17.9 Å². The van der Waals surface area contributed by atoms with Crippen LogP contribution in [-0.4, -0.2) is 31.6 Å². The average Bonchev–Trinajstić information content (AvgIpc) is 2.39. The van der Waals surface area contributed by atoms with E-state index in [0.29, 0.717) is 19.6 Å². The first-order valence-corrected chi connectivity index (χ1v) is 6.85. The molecule has 0 saturated carbocycles. The molecule has 0 aliphatic rings. The molecule has 1 amide bonds. The summed E-state index contributed by atoms with van der Waals surface area (Å²) in [6, 6.07) is 7.58. The minimum atomic E-state index is -0.191. The van der Waals surface area contributed by atoms with Crippen LogP contribution in [-0.2, 0) is 14.3 Å². The summed E-state index contributed by atoms with van der Waals surface area (Å²) in [6.07, 6.45) is 0.353. The zero-order chi connectivity index (χ0) is 15.0. The van der Waals surface area contributed by atoms with Gasteiger partial charge in [-0.15, -0.1) is 0 Å². The van der Waals surface area contributed by atoms with E-state index in [9.17, 15) is 9.59 Å². The molecule has 0 aliphatic carbocycles. The monoisotopic (exact) mass is 278 g/mol. The van der Waals surface area contributed by atoms with Gasteiger partial charge in [0, 0.05) is 31.4 Å². The average molecular weight is 278 g/mol. The van der Waals surface area contributed by atoms with Crippen molar-refractivity contribution in [2.75, 3.05) is 29.9 Å². The molecule has 0 spiro atoms. The fraction of sp³-hybridized carbons (Fsp3) is 0.467. The molecule has 1 aromatic rings. The summed E-state index contributed by atoms with van der Waals surface area (Å²) in [4.78, 5) is 24.5. The van der Waals surface area contributed by atoms with E-state index < -0.39 is 0 Å². The van der Waals surface area contributed by atoms with Crippen molar-refractivity contribution < 1.29 is 14.3 Å². The molecular formula is C15H22N2O3. The third-order valence-corrected chi connectivity index (χ3v) is 2.80. The molecule has 1 rings (SSSR count). The first-order chi connectivity index (χ1) is 9.56. The Hall–Kier alpha value is -2.04. The lowest BCUT2D eigenvalue weighted by atomic mass is 10.2. The molecule has 110 valence electrons. The van der Waals surface area contributed by atoms with Crippen LogP contribution in [0.3, 0.4) is 0 Å². The number of carbonyl (C=O) groups is 2. The Morgan fingerprint density at radius 2 is 2.05 bits per heavy atom. The maximum Gasteiger partial charge on any atom is 0.307 e. The molecule has 0 aromatic heterocycles. The number of esters is 1. The molecule has 1 aromatic carbocycles. The predicted molar refractivity (Wildman–Crippen MR) is 79.9 cm³/mol. The summed E-state index contributed by atoms with van der Waals surface area (Å²) in [5.74, 6) is -0.291. The van der Waals surface area contributed by atoms with Crippen LogP contribution in [0.1, 0.15) is 27.2 Å². The Balaban J connectivity index is 2.69. The quantitative estimate of drug-likeness (QED) is 0.778. The largest absolute Gasteiger partial charge is 0.466 e. The molecule has 0 radical (unpaired) electrons. The van der Waals surface area contributed by atoms with E-state index in [1.165, 1.54) is 6.92 Å². The first-order valence-electron chi connectivity index (χ1n) is 6.85. The van der Waals surface area contributed by atoms with E-state index >= 15 is 0 Å². The SMILES string of the molecule is CCOC(=O)CCN(CC)c1cccc(NC(C)=O)c1. The summed E-state index contributed by atoms with van der Waals surface area (Å²) >= 11 is 0. The molecule has 1 N–H and O–H groups in total. The van der Waals surface area contributed by atoms with E-state index in [4.69, 9.17) is 4.74 Å². The molecule has 0 unspecified atom stereocenters. The number of anilines is 2. The van der Waals surface area contributed by atoms with E-state index in [2.05, 4.69) is 10.2 Å². The number of rotatable bonds is 7. The highest BCUT2D eigenvalue weighted by Gasteiger charge is 2.09. The molecule has 0 aliphatic heterocycles. The van der Waals surface area contributed by atoms with Gasteiger partial charge in [0.15, 0.2) is 0 Å². The highest BCUT2D eigenvalue weighted by molar-refractivity contribution is 5.89. The number of nitrogens with one attached hydrogen (secondary N) is 1. The van der Waals surface area contributed by atoms with Crippen molar-refractivity contribution in [3.8, 4) is 0 Å². The second-order valence-corrected chi connectivity index (χ2v) is 4.37. The minimum Gasteiger partial charge on any atom is -0.466 e. The zero-order valence-corrected chi connectivity index (χ0v) is 12.3. The smallest absolute Gasteiger partial charge is 0.307 e. The van der Waals surface area contributed by atoms with E-state index in [1.54, 1.807) is 6.92 Å². The van der Waals surface area contributed by atoms with Gasteiger partial charge in [-0.1, -0.05) is 6.07 Å². The summed E-state index contributed by atoms with van der Waals surface area (Å²) in [5, 5.41) is 2.75. The molecule has 5 heteroatoms. The van der Waals surface area contributed by atoms with Crippen LogP contribution >= 0.6 is 0 Å². The number of carbonyl (C=O) groups excluding carboxylic acids is 2. The van der Waals surface area contributed by atoms with E-state index in [1.807, 2.05) is 31.2 Å². The third-order valence-electron chi connectivity index (χ3n) is 2.80. The molecule has 0 saturated heterocycles. The van der Waals surface area contributed by atoms with Crippen molar-refractivity contribution >= 4 is 23.3 Å². The fourth-order valence-electron chi connectivity index (χ4n) is 1.91. The summed E-state index contributed by atoms with van der Waals surface area (Å²) in [6.45, 7) is 7.08. The number of amides is 1. The third kappa shape index (κ3) is 5.30. The number of hydrogen-bond acceptors (Lipinski definition) is 4. The second kappa shape index (κ2) is 8.19. The Bertz CT molecular complexity index is 460. The van der Waals surface area contributed by atoms with Gasteiger partial charge in [-0.2, -0.15) is 0 Å². The lowest BCUT2D eigenvalue weighted by Gasteiger charge is -2.23. The van der Waals surface area contributed by atoms with Gasteiger partial charge < -0.3 is 15.0 Å². The maximum absolute atomic E-state index is 11.4. The van der Waals surface area contributed by atoms with Gasteiger partial charge in [0.25, 0.3) is 0 Å². The maximum atomic E-state index is 11.4. The minimum absolute atomic E-state index is 0.100. The highest BCUT2D eigenvalue weighted by Crippen LogP contribution is 2.19. The van der Waals surface area contributed by atoms with Gasteiger partial charge in [-0.25, -0.2) is 0 Å². The van der Waals surface area contributed by atoms with Gasteiger partial charge in [-0.3, -0.25) is 9.59 Å². The topological polar surface area (TPSA) is 58.6 Å². The van der Waals surface area contributed by atoms with Crippen LogP contribution in [0.5, 0.6) is 0 Å². The standard InChI is InChI=1S/C15H22N2O3/c1-4-17(10-9-15(19)20-5-2)14-8-6-7-13(11-14)16-12(3)18/h6-8,11H,4-5,9-10H2,1-3H3,(H,16,18). The van der Waals surface area contributed by atoms with Crippen LogP contribution in [0, 0.1) is 0 Å². The lowest BCUT2D eigenvalue weighted by Crippen LogP contribution is -2.26. The van der Waals surface area contributed by atoms with Gasteiger partial charge in [0.05, 0.1) is 13.0 Å². The Morgan fingerprint density at radius 1 is 1.30 bits per heavy atom. The van der Waals surface area contributed by atoms with Crippen molar-refractivity contribution in [3.05, 3.63) is 24.3 Å². The normalized spacial score (nSPS) is 9.95. The number of ether oxygens (including phenoxy) is 1. The zero-order valence-electron chi connectivity index (χ0n) is 12.3. The molecule has 0 atom stereocenters. The van der Waals surface area contributed by atoms with Crippen LogP contribution in [0.25, 0.3) is 0 Å². The molecular weight excluding hydrogens is 256 g/mol. The number of hydrogen-bond donors (Lipinski definition) is 1. The van der Waals surface area contributed by atoms with Crippen molar-refractivity contribution in [3.63, 3.8) is 0 Å². The Kier molecular flexibility index (Phi) is 6.56. The fourth-order valence-corrected chi connectivity index (χ4v) is 1.91. The Morgan fingerprint density at radius 3 is 2.65 bits per heavy atom. The molecule has 5 nitrogen and oxygen atoms in total. The molecule has 0 heterocycles. The van der Waals surface area contributed by atoms with Crippen molar-refractivity contribution in [1.82, 2.24) is 0 Å².